The number of hydrogen-bond acceptors (Lipinski definition) is 2. The maximum Gasteiger partial charge on any atom is 0.126 e. The monoisotopic (exact) mass is 315 g/mol. The molecule has 3 rings (SSSR count). The van der Waals surface area contributed by atoms with Crippen LogP contribution in [0, 0.1) is 5.92 Å². The molecule has 3 heteroatoms. The van der Waals surface area contributed by atoms with Crippen molar-refractivity contribution in [2.24, 2.45) is 11.7 Å². The fourth-order valence-corrected chi connectivity index (χ4v) is 2.93. The van der Waals surface area contributed by atoms with E-state index in [1.165, 1.54) is 18.4 Å². The van der Waals surface area contributed by atoms with Crippen LogP contribution >= 0.6 is 11.6 Å². The molecule has 0 bridgehead atoms. The van der Waals surface area contributed by atoms with Crippen LogP contribution in [0.4, 0.5) is 0 Å². The molecule has 0 unspecified atom stereocenters. The average Bonchev–Trinajstić information content (AvgIpc) is 3.32. The highest BCUT2D eigenvalue weighted by Gasteiger charge is 2.23. The van der Waals surface area contributed by atoms with Crippen molar-refractivity contribution in [3.05, 3.63) is 64.2 Å². The Morgan fingerprint density at radius 1 is 1.09 bits per heavy atom. The molecule has 1 saturated carbocycles. The predicted octanol–water partition coefficient (Wildman–Crippen LogP) is 4.22. The Hall–Kier alpha value is -1.51. The molecular weight excluding hydrogens is 294 g/mol. The minimum absolute atomic E-state index is 0.602. The van der Waals surface area contributed by atoms with Crippen LogP contribution in [0.5, 0.6) is 5.75 Å². The Kier molecular flexibility index (Phi) is 5.01. The second kappa shape index (κ2) is 7.17. The molecule has 1 fully saturated rings. The van der Waals surface area contributed by atoms with Gasteiger partial charge in [0.1, 0.15) is 5.75 Å². The molecular formula is C19H22ClNO. The summed E-state index contributed by atoms with van der Waals surface area (Å²) in [6, 6.07) is 14.4. The van der Waals surface area contributed by atoms with Crippen molar-refractivity contribution in [1.29, 1.82) is 0 Å². The molecule has 0 atom stereocenters. The van der Waals surface area contributed by atoms with Crippen LogP contribution in [0.1, 0.15) is 29.5 Å². The Bertz CT molecular complexity index is 623. The van der Waals surface area contributed by atoms with Gasteiger partial charge in [-0.3, -0.25) is 0 Å². The summed E-state index contributed by atoms with van der Waals surface area (Å²) in [5.74, 6) is 1.72. The van der Waals surface area contributed by atoms with Crippen molar-refractivity contribution in [1.82, 2.24) is 0 Å². The standard InChI is InChI=1S/C19H22ClNO/c20-18-11-16(8-9-21)19(22-13-15-6-7-15)17(12-18)10-14-4-2-1-3-5-14/h1-5,11-12,15H,6-10,13,21H2. The van der Waals surface area contributed by atoms with Crippen molar-refractivity contribution in [3.63, 3.8) is 0 Å². The molecule has 0 aromatic heterocycles. The summed E-state index contributed by atoms with van der Waals surface area (Å²) in [6.07, 6.45) is 4.20. The van der Waals surface area contributed by atoms with Crippen LogP contribution in [0.2, 0.25) is 5.02 Å². The molecule has 2 nitrogen and oxygen atoms in total. The molecule has 0 amide bonds. The van der Waals surface area contributed by atoms with Crippen molar-refractivity contribution >= 4 is 11.6 Å². The Morgan fingerprint density at radius 2 is 1.82 bits per heavy atom. The second-order valence-electron chi connectivity index (χ2n) is 6.01. The number of hydrogen-bond donors (Lipinski definition) is 1. The average molecular weight is 316 g/mol. The minimum atomic E-state index is 0.602. The van der Waals surface area contributed by atoms with Gasteiger partial charge in [-0.25, -0.2) is 0 Å². The molecule has 0 aliphatic heterocycles. The molecule has 116 valence electrons. The van der Waals surface area contributed by atoms with Crippen molar-refractivity contribution in [2.45, 2.75) is 25.7 Å². The van der Waals surface area contributed by atoms with E-state index in [-0.39, 0.29) is 0 Å². The third-order valence-corrected chi connectivity index (χ3v) is 4.24. The first kappa shape index (κ1) is 15.4. The third-order valence-electron chi connectivity index (χ3n) is 4.02. The Labute approximate surface area is 137 Å². The Morgan fingerprint density at radius 3 is 2.50 bits per heavy atom. The van der Waals surface area contributed by atoms with Gasteiger partial charge in [-0.15, -0.1) is 0 Å². The second-order valence-corrected chi connectivity index (χ2v) is 6.45. The van der Waals surface area contributed by atoms with Gasteiger partial charge in [-0.1, -0.05) is 41.9 Å². The fourth-order valence-electron chi connectivity index (χ4n) is 2.67. The van der Waals surface area contributed by atoms with Gasteiger partial charge in [0.25, 0.3) is 0 Å². The van der Waals surface area contributed by atoms with E-state index in [2.05, 4.69) is 24.3 Å². The molecule has 1 aliphatic rings. The summed E-state index contributed by atoms with van der Waals surface area (Å²) >= 11 is 6.30. The van der Waals surface area contributed by atoms with E-state index >= 15 is 0 Å². The minimum Gasteiger partial charge on any atom is -0.493 e. The number of ether oxygens (including phenoxy) is 1. The van der Waals surface area contributed by atoms with E-state index in [0.29, 0.717) is 6.54 Å². The summed E-state index contributed by atoms with van der Waals surface area (Å²) in [7, 11) is 0. The first-order valence-corrected chi connectivity index (χ1v) is 8.32. The number of halogens is 1. The SMILES string of the molecule is NCCc1cc(Cl)cc(Cc2ccccc2)c1OCC1CC1. The van der Waals surface area contributed by atoms with Gasteiger partial charge in [0, 0.05) is 17.0 Å². The van der Waals surface area contributed by atoms with Crippen LogP contribution in [-0.2, 0) is 12.8 Å². The van der Waals surface area contributed by atoms with Crippen molar-refractivity contribution < 1.29 is 4.74 Å². The number of rotatable bonds is 7. The van der Waals surface area contributed by atoms with Gasteiger partial charge in [0.05, 0.1) is 6.61 Å². The van der Waals surface area contributed by atoms with Gasteiger partial charge < -0.3 is 10.5 Å². The highest BCUT2D eigenvalue weighted by atomic mass is 35.5. The zero-order valence-electron chi connectivity index (χ0n) is 12.7. The van der Waals surface area contributed by atoms with E-state index < -0.39 is 0 Å². The van der Waals surface area contributed by atoms with E-state index in [1.54, 1.807) is 0 Å². The van der Waals surface area contributed by atoms with Crippen LogP contribution in [0.25, 0.3) is 0 Å². The molecule has 0 saturated heterocycles. The lowest BCUT2D eigenvalue weighted by Gasteiger charge is -2.17. The summed E-state index contributed by atoms with van der Waals surface area (Å²) in [4.78, 5) is 0. The molecule has 2 N–H and O–H groups in total. The van der Waals surface area contributed by atoms with E-state index in [4.69, 9.17) is 22.1 Å². The maximum atomic E-state index is 6.30. The van der Waals surface area contributed by atoms with Crippen LogP contribution in [0.3, 0.4) is 0 Å². The van der Waals surface area contributed by atoms with Gasteiger partial charge in [-0.05, 0) is 55.0 Å². The van der Waals surface area contributed by atoms with Gasteiger partial charge in [0.15, 0.2) is 0 Å². The quantitative estimate of drug-likeness (QED) is 0.830. The summed E-state index contributed by atoms with van der Waals surface area (Å²) in [6.45, 7) is 1.41. The van der Waals surface area contributed by atoms with Crippen LogP contribution in [0.15, 0.2) is 42.5 Å². The first-order valence-electron chi connectivity index (χ1n) is 7.94. The van der Waals surface area contributed by atoms with Crippen molar-refractivity contribution in [2.75, 3.05) is 13.2 Å². The molecule has 1 aliphatic carbocycles. The molecule has 22 heavy (non-hydrogen) atoms. The number of benzene rings is 2. The normalized spacial score (nSPS) is 14.1. The number of nitrogens with two attached hydrogens (primary N) is 1. The largest absolute Gasteiger partial charge is 0.493 e. The molecule has 0 spiro atoms. The molecule has 2 aromatic carbocycles. The van der Waals surface area contributed by atoms with Crippen LogP contribution in [-0.4, -0.2) is 13.2 Å². The zero-order valence-corrected chi connectivity index (χ0v) is 13.5. The first-order chi connectivity index (χ1) is 10.8. The molecule has 0 heterocycles. The third kappa shape index (κ3) is 4.02. The van der Waals surface area contributed by atoms with Gasteiger partial charge >= 0.3 is 0 Å². The Balaban J connectivity index is 1.90. The highest BCUT2D eigenvalue weighted by molar-refractivity contribution is 6.30. The fraction of sp³-hybridized carbons (Fsp3) is 0.368. The van der Waals surface area contributed by atoms with E-state index in [0.717, 1.165) is 47.3 Å². The van der Waals surface area contributed by atoms with Gasteiger partial charge in [0.2, 0.25) is 0 Å². The summed E-state index contributed by atoms with van der Waals surface area (Å²) in [5.41, 5.74) is 9.30. The predicted molar refractivity (Wildman–Crippen MR) is 91.7 cm³/mol. The molecule has 2 aromatic rings. The van der Waals surface area contributed by atoms with E-state index in [1.807, 2.05) is 18.2 Å². The lowest BCUT2D eigenvalue weighted by atomic mass is 9.99. The summed E-state index contributed by atoms with van der Waals surface area (Å²) in [5, 5.41) is 0.758. The van der Waals surface area contributed by atoms with E-state index in [9.17, 15) is 0 Å². The molecule has 0 radical (unpaired) electrons. The highest BCUT2D eigenvalue weighted by Crippen LogP contribution is 2.34. The van der Waals surface area contributed by atoms with Crippen molar-refractivity contribution in [3.8, 4) is 5.75 Å². The lowest BCUT2D eigenvalue weighted by molar-refractivity contribution is 0.294. The van der Waals surface area contributed by atoms with Gasteiger partial charge in [-0.2, -0.15) is 0 Å². The van der Waals surface area contributed by atoms with Crippen LogP contribution < -0.4 is 10.5 Å². The smallest absolute Gasteiger partial charge is 0.126 e. The summed E-state index contributed by atoms with van der Waals surface area (Å²) < 4.78 is 6.16. The zero-order chi connectivity index (χ0) is 15.4. The topological polar surface area (TPSA) is 35.2 Å². The lowest BCUT2D eigenvalue weighted by Crippen LogP contribution is -2.09. The maximum absolute atomic E-state index is 6.30.